The molecule has 1 aromatic heterocycles. The number of rotatable bonds is 7. The molecule has 0 aliphatic carbocycles. The van der Waals surface area contributed by atoms with E-state index >= 15 is 0 Å². The molecule has 0 saturated carbocycles. The Morgan fingerprint density at radius 3 is 2.29 bits per heavy atom. The number of benzene rings is 4. The maximum absolute atomic E-state index is 13.7. The van der Waals surface area contributed by atoms with Gasteiger partial charge in [0.25, 0.3) is 0 Å². The minimum absolute atomic E-state index is 0.260. The van der Waals surface area contributed by atoms with Crippen molar-refractivity contribution < 1.29 is 18.7 Å². The molecular weight excluding hydrogens is 518 g/mol. The molecule has 0 radical (unpaired) electrons. The molecule has 4 aromatic carbocycles. The number of hydrogen-bond donors (Lipinski definition) is 3. The first-order chi connectivity index (χ1) is 20.1. The number of aliphatic imine (C=N–C) groups is 1. The summed E-state index contributed by atoms with van der Waals surface area (Å²) in [6.07, 6.45) is 0. The fourth-order valence-corrected chi connectivity index (χ4v) is 4.58. The Kier molecular flexibility index (Phi) is 7.06. The summed E-state index contributed by atoms with van der Waals surface area (Å²) in [5, 5.41) is 9.21. The Morgan fingerprint density at radius 1 is 0.878 bits per heavy atom. The Bertz CT molecular complexity index is 1680. The predicted octanol–water partition coefficient (Wildman–Crippen LogP) is 6.51. The van der Waals surface area contributed by atoms with Crippen LogP contribution in [0.5, 0.6) is 17.2 Å². The molecule has 3 N–H and O–H groups in total. The van der Waals surface area contributed by atoms with Gasteiger partial charge in [0.15, 0.2) is 5.58 Å². The smallest absolute Gasteiger partial charge is 0.302 e. The molecule has 2 atom stereocenters. The molecule has 204 valence electrons. The number of guanidine groups is 1. The first-order valence-corrected chi connectivity index (χ1v) is 13.0. The topological polar surface area (TPSA) is 110 Å². The number of oxazole rings is 1. The average molecular weight is 546 g/mol. The van der Waals surface area contributed by atoms with Crippen molar-refractivity contribution in [3.63, 3.8) is 0 Å². The number of methoxy groups -OCH3 is 1. The first-order valence-electron chi connectivity index (χ1n) is 13.0. The number of aromatic nitrogens is 1. The largest absolute Gasteiger partial charge is 0.497 e. The predicted molar refractivity (Wildman–Crippen MR) is 158 cm³/mol. The zero-order chi connectivity index (χ0) is 28.2. The number of ether oxygens (including phenoxy) is 2. The van der Waals surface area contributed by atoms with Crippen molar-refractivity contribution in [3.8, 4) is 17.2 Å². The molecule has 6 rings (SSSR count). The van der Waals surface area contributed by atoms with Gasteiger partial charge in [-0.25, -0.2) is 4.99 Å². The molecule has 9 heteroatoms. The van der Waals surface area contributed by atoms with E-state index in [9.17, 15) is 4.79 Å². The van der Waals surface area contributed by atoms with E-state index in [1.165, 1.54) is 0 Å². The Labute approximate surface area is 236 Å². The van der Waals surface area contributed by atoms with Crippen molar-refractivity contribution in [3.05, 3.63) is 121 Å². The van der Waals surface area contributed by atoms with Crippen LogP contribution in [0.3, 0.4) is 0 Å². The van der Waals surface area contributed by atoms with E-state index in [-0.39, 0.29) is 11.9 Å². The number of nitrogens with zero attached hydrogens (tertiary/aromatic N) is 2. The van der Waals surface area contributed by atoms with Gasteiger partial charge in [0.2, 0.25) is 11.9 Å². The highest BCUT2D eigenvalue weighted by Gasteiger charge is 2.36. The van der Waals surface area contributed by atoms with Gasteiger partial charge in [-0.15, -0.1) is 0 Å². The maximum atomic E-state index is 13.7. The number of anilines is 2. The summed E-state index contributed by atoms with van der Waals surface area (Å²) in [6.45, 7) is 4.17. The van der Waals surface area contributed by atoms with Crippen LogP contribution in [-0.2, 0) is 4.79 Å². The van der Waals surface area contributed by atoms with Crippen molar-refractivity contribution >= 4 is 34.7 Å². The van der Waals surface area contributed by atoms with E-state index in [4.69, 9.17) is 18.9 Å². The number of amides is 1. The minimum Gasteiger partial charge on any atom is -0.497 e. The molecule has 0 saturated heterocycles. The quantitative estimate of drug-likeness (QED) is 0.214. The monoisotopic (exact) mass is 545 g/mol. The molecule has 2 heterocycles. The zero-order valence-electron chi connectivity index (χ0n) is 22.2. The second kappa shape index (κ2) is 11.3. The summed E-state index contributed by atoms with van der Waals surface area (Å²) in [4.78, 5) is 23.0. The molecule has 1 aliphatic heterocycles. The Balaban J connectivity index is 1.24. The van der Waals surface area contributed by atoms with Crippen LogP contribution in [0.4, 0.5) is 11.7 Å². The van der Waals surface area contributed by atoms with E-state index in [1.54, 1.807) is 31.4 Å². The lowest BCUT2D eigenvalue weighted by Crippen LogP contribution is -2.43. The number of hydrogen-bond acceptors (Lipinski definition) is 8. The van der Waals surface area contributed by atoms with Gasteiger partial charge < -0.3 is 24.5 Å². The third-order valence-electron chi connectivity index (χ3n) is 6.60. The van der Waals surface area contributed by atoms with E-state index in [1.807, 2.05) is 78.9 Å². The van der Waals surface area contributed by atoms with E-state index < -0.39 is 12.0 Å². The van der Waals surface area contributed by atoms with Gasteiger partial charge in [-0.3, -0.25) is 10.1 Å². The van der Waals surface area contributed by atoms with E-state index in [0.717, 1.165) is 16.8 Å². The van der Waals surface area contributed by atoms with Crippen LogP contribution in [0, 0.1) is 5.92 Å². The second-order valence-corrected chi connectivity index (χ2v) is 9.36. The Morgan fingerprint density at radius 2 is 1.56 bits per heavy atom. The van der Waals surface area contributed by atoms with Gasteiger partial charge in [0.1, 0.15) is 28.7 Å². The molecule has 0 bridgehead atoms. The molecular formula is C32H27N5O4. The molecule has 0 fully saturated rings. The fourth-order valence-electron chi connectivity index (χ4n) is 4.58. The highest BCUT2D eigenvalue weighted by molar-refractivity contribution is 6.00. The van der Waals surface area contributed by atoms with Crippen LogP contribution in [-0.4, -0.2) is 24.0 Å². The van der Waals surface area contributed by atoms with Crippen LogP contribution in [0.25, 0.3) is 11.1 Å². The van der Waals surface area contributed by atoms with Gasteiger partial charge in [-0.05, 0) is 66.2 Å². The second-order valence-electron chi connectivity index (χ2n) is 9.36. The fraction of sp³-hybridized carbons (Fsp3) is 0.0938. The van der Waals surface area contributed by atoms with Gasteiger partial charge in [0.05, 0.1) is 13.2 Å². The molecule has 0 spiro atoms. The molecule has 1 aliphatic rings. The van der Waals surface area contributed by atoms with E-state index in [0.29, 0.717) is 34.4 Å². The highest BCUT2D eigenvalue weighted by Crippen LogP contribution is 2.35. The van der Waals surface area contributed by atoms with Gasteiger partial charge in [-0.2, -0.15) is 4.98 Å². The molecule has 41 heavy (non-hydrogen) atoms. The van der Waals surface area contributed by atoms with E-state index in [2.05, 4.69) is 27.5 Å². The lowest BCUT2D eigenvalue weighted by atomic mass is 9.89. The number of carbonyl (C=O) groups is 1. The SMILES string of the molecule is C=C1NC(Nc2nc3ccccc3o2)=N[C@H](c2ccc(OC)cc2)[C@H]1C(=O)Nc1ccc(Oc2ccccc2)cc1. The van der Waals surface area contributed by atoms with Crippen molar-refractivity contribution in [2.45, 2.75) is 6.04 Å². The molecule has 5 aromatic rings. The molecule has 9 nitrogen and oxygen atoms in total. The summed E-state index contributed by atoms with van der Waals surface area (Å²) >= 11 is 0. The molecule has 0 unspecified atom stereocenters. The van der Waals surface area contributed by atoms with Crippen LogP contribution in [0.15, 0.2) is 125 Å². The van der Waals surface area contributed by atoms with Crippen molar-refractivity contribution in [1.29, 1.82) is 0 Å². The van der Waals surface area contributed by atoms with Crippen LogP contribution in [0.1, 0.15) is 11.6 Å². The van der Waals surface area contributed by atoms with Gasteiger partial charge in [-0.1, -0.05) is 49.0 Å². The lowest BCUT2D eigenvalue weighted by molar-refractivity contribution is -0.119. The minimum atomic E-state index is -0.710. The highest BCUT2D eigenvalue weighted by atomic mass is 16.5. The first kappa shape index (κ1) is 25.7. The molecule has 1 amide bonds. The van der Waals surface area contributed by atoms with Crippen molar-refractivity contribution in [2.75, 3.05) is 17.7 Å². The van der Waals surface area contributed by atoms with Gasteiger partial charge in [0, 0.05) is 11.4 Å². The lowest BCUT2D eigenvalue weighted by Gasteiger charge is -2.31. The average Bonchev–Trinajstić information content (AvgIpc) is 3.40. The van der Waals surface area contributed by atoms with Crippen LogP contribution in [0.2, 0.25) is 0 Å². The maximum Gasteiger partial charge on any atom is 0.302 e. The third kappa shape index (κ3) is 5.74. The Hall–Kier alpha value is -5.57. The van der Waals surface area contributed by atoms with Crippen molar-refractivity contribution in [2.24, 2.45) is 10.9 Å². The third-order valence-corrected chi connectivity index (χ3v) is 6.60. The summed E-state index contributed by atoms with van der Waals surface area (Å²) in [6, 6.07) is 31.3. The normalized spacial score (nSPS) is 16.4. The summed E-state index contributed by atoms with van der Waals surface area (Å²) in [5.41, 5.74) is 3.28. The number of fused-ring (bicyclic) bond motifs is 1. The van der Waals surface area contributed by atoms with Crippen molar-refractivity contribution in [1.82, 2.24) is 10.3 Å². The van der Waals surface area contributed by atoms with Crippen LogP contribution < -0.4 is 25.4 Å². The standard InChI is InChI=1S/C32H27N5O4/c1-20-28(30(38)34-22-14-18-25(19-15-22)40-24-8-4-3-5-9-24)29(21-12-16-23(39-2)17-13-21)36-31(33-20)37-32-35-26-10-6-7-11-27(26)41-32/h3-19,28-29H,1H2,2H3,(H,34,38)(H2,33,35,36,37)/t28-,29+/m0/s1. The number of para-hydroxylation sites is 3. The summed E-state index contributed by atoms with van der Waals surface area (Å²) in [7, 11) is 1.61. The van der Waals surface area contributed by atoms with Gasteiger partial charge >= 0.3 is 6.01 Å². The zero-order valence-corrected chi connectivity index (χ0v) is 22.2. The van der Waals surface area contributed by atoms with Crippen LogP contribution >= 0.6 is 0 Å². The number of carbonyl (C=O) groups excluding carboxylic acids is 1. The number of nitrogens with one attached hydrogen (secondary N) is 3. The summed E-state index contributed by atoms with van der Waals surface area (Å²) < 4.78 is 17.0. The summed E-state index contributed by atoms with van der Waals surface area (Å²) in [5.74, 6) is 1.50.